The minimum absolute atomic E-state index is 0.211. The van der Waals surface area contributed by atoms with E-state index in [1.54, 1.807) is 7.11 Å². The van der Waals surface area contributed by atoms with Crippen LogP contribution in [0.25, 0.3) is 0 Å². The van der Waals surface area contributed by atoms with Gasteiger partial charge >= 0.3 is 0 Å². The van der Waals surface area contributed by atoms with Gasteiger partial charge in [-0.1, -0.05) is 21.5 Å². The molecule has 1 aromatic rings. The summed E-state index contributed by atoms with van der Waals surface area (Å²) >= 11 is 3.62. The lowest BCUT2D eigenvalue weighted by atomic mass is 9.79. The molecule has 120 valence electrons. The largest absolute Gasteiger partial charge is 0.504 e. The molecule has 0 spiro atoms. The molecule has 0 fully saturated rings. The summed E-state index contributed by atoms with van der Waals surface area (Å²) in [7, 11) is 1.57. The van der Waals surface area contributed by atoms with Gasteiger partial charge in [0.25, 0.3) is 0 Å². The fourth-order valence-corrected chi connectivity index (χ4v) is 4.68. The SMILES string of the molecule is COc1cc(Br)c2c(c1O)C=[N+]1CCC3=C(CCC(=O)C3)C1C2. The highest BCUT2D eigenvalue weighted by Gasteiger charge is 2.39. The molecule has 5 heteroatoms. The molecule has 1 aromatic carbocycles. The van der Waals surface area contributed by atoms with Crippen molar-refractivity contribution in [3.63, 3.8) is 0 Å². The lowest BCUT2D eigenvalue weighted by Gasteiger charge is -2.32. The van der Waals surface area contributed by atoms with E-state index in [0.29, 0.717) is 30.4 Å². The summed E-state index contributed by atoms with van der Waals surface area (Å²) in [5.74, 6) is 1.08. The van der Waals surface area contributed by atoms with Gasteiger partial charge in [-0.15, -0.1) is 0 Å². The van der Waals surface area contributed by atoms with E-state index < -0.39 is 0 Å². The highest BCUT2D eigenvalue weighted by molar-refractivity contribution is 9.10. The summed E-state index contributed by atoms with van der Waals surface area (Å²) in [6.07, 6.45) is 6.07. The Balaban J connectivity index is 1.81. The molecule has 1 unspecified atom stereocenters. The van der Waals surface area contributed by atoms with Gasteiger partial charge in [-0.25, -0.2) is 4.58 Å². The number of phenolic OH excluding ortho intramolecular Hbond substituents is 1. The molecular formula is C18H19BrNO3+. The Bertz CT molecular complexity index is 779. The number of halogens is 1. The van der Waals surface area contributed by atoms with Crippen molar-refractivity contribution < 1.29 is 19.2 Å². The van der Waals surface area contributed by atoms with Crippen LogP contribution in [0.2, 0.25) is 0 Å². The number of ketones is 1. The summed E-state index contributed by atoms with van der Waals surface area (Å²) in [4.78, 5) is 11.7. The van der Waals surface area contributed by atoms with Crippen molar-refractivity contribution in [2.24, 2.45) is 0 Å². The van der Waals surface area contributed by atoms with E-state index in [1.165, 1.54) is 11.1 Å². The Morgan fingerprint density at radius 1 is 1.35 bits per heavy atom. The van der Waals surface area contributed by atoms with Gasteiger partial charge in [0.1, 0.15) is 12.3 Å². The monoisotopic (exact) mass is 376 g/mol. The number of benzene rings is 1. The first-order valence-electron chi connectivity index (χ1n) is 8.00. The van der Waals surface area contributed by atoms with Crippen molar-refractivity contribution in [1.29, 1.82) is 0 Å². The van der Waals surface area contributed by atoms with Gasteiger partial charge in [0, 0.05) is 30.2 Å². The van der Waals surface area contributed by atoms with E-state index in [0.717, 1.165) is 41.4 Å². The predicted molar refractivity (Wildman–Crippen MR) is 90.6 cm³/mol. The number of ether oxygens (including phenoxy) is 1. The number of carbonyl (C=O) groups is 1. The third kappa shape index (κ3) is 2.33. The first kappa shape index (κ1) is 14.9. The second-order valence-electron chi connectivity index (χ2n) is 6.48. The van der Waals surface area contributed by atoms with Crippen molar-refractivity contribution in [3.05, 3.63) is 32.8 Å². The Kier molecular flexibility index (Phi) is 3.56. The van der Waals surface area contributed by atoms with E-state index >= 15 is 0 Å². The zero-order chi connectivity index (χ0) is 16.1. The number of rotatable bonds is 1. The molecule has 2 aliphatic heterocycles. The summed E-state index contributed by atoms with van der Waals surface area (Å²) in [5, 5.41) is 10.5. The average molecular weight is 377 g/mol. The molecule has 0 saturated heterocycles. The van der Waals surface area contributed by atoms with Crippen LogP contribution in [0.5, 0.6) is 11.5 Å². The molecule has 0 bridgehead atoms. The van der Waals surface area contributed by atoms with Crippen LogP contribution in [0.15, 0.2) is 21.7 Å². The molecule has 0 amide bonds. The molecule has 4 nitrogen and oxygen atoms in total. The third-order valence-corrected chi connectivity index (χ3v) is 5.99. The normalized spacial score (nSPS) is 23.0. The van der Waals surface area contributed by atoms with E-state index in [4.69, 9.17) is 4.74 Å². The van der Waals surface area contributed by atoms with Gasteiger partial charge in [-0.2, -0.15) is 0 Å². The maximum absolute atomic E-state index is 11.7. The van der Waals surface area contributed by atoms with Crippen molar-refractivity contribution in [2.45, 2.75) is 38.1 Å². The number of carbonyl (C=O) groups excluding carboxylic acids is 1. The van der Waals surface area contributed by atoms with Crippen LogP contribution >= 0.6 is 15.9 Å². The first-order chi connectivity index (χ1) is 11.1. The molecule has 4 rings (SSSR count). The maximum Gasteiger partial charge on any atom is 0.178 e. The van der Waals surface area contributed by atoms with Crippen LogP contribution in [0, 0.1) is 0 Å². The standard InChI is InChI=1S/C18H18BrNO3/c1-23-17-8-15(19)13-7-16-12-3-2-11(21)6-10(12)4-5-20(16)9-14(13)18(17)22/h8-9,16H,2-7H2,1H3/p+1. The maximum atomic E-state index is 11.7. The van der Waals surface area contributed by atoms with E-state index in [9.17, 15) is 9.90 Å². The number of fused-ring (bicyclic) bond motifs is 3. The zero-order valence-corrected chi connectivity index (χ0v) is 14.6. The summed E-state index contributed by atoms with van der Waals surface area (Å²) in [6.45, 7) is 0.907. The van der Waals surface area contributed by atoms with Crippen molar-refractivity contribution in [1.82, 2.24) is 0 Å². The zero-order valence-electron chi connectivity index (χ0n) is 13.1. The number of phenols is 1. The second-order valence-corrected chi connectivity index (χ2v) is 7.34. The van der Waals surface area contributed by atoms with Crippen molar-refractivity contribution >= 4 is 27.9 Å². The van der Waals surface area contributed by atoms with E-state index in [2.05, 4.69) is 26.7 Å². The highest BCUT2D eigenvalue weighted by atomic mass is 79.9. The molecule has 23 heavy (non-hydrogen) atoms. The van der Waals surface area contributed by atoms with Gasteiger partial charge in [0.2, 0.25) is 0 Å². The summed E-state index contributed by atoms with van der Waals surface area (Å²) < 4.78 is 8.55. The van der Waals surface area contributed by atoms with Crippen LogP contribution in [-0.4, -0.2) is 41.4 Å². The molecule has 1 aliphatic carbocycles. The molecule has 1 N–H and O–H groups in total. The minimum atomic E-state index is 0.211. The van der Waals surface area contributed by atoms with E-state index in [-0.39, 0.29) is 5.75 Å². The molecular weight excluding hydrogens is 358 g/mol. The smallest absolute Gasteiger partial charge is 0.178 e. The van der Waals surface area contributed by atoms with Gasteiger partial charge in [-0.05, 0) is 23.6 Å². The molecule has 0 saturated carbocycles. The molecule has 2 heterocycles. The Morgan fingerprint density at radius 2 is 2.17 bits per heavy atom. The Morgan fingerprint density at radius 3 is 2.96 bits per heavy atom. The van der Waals surface area contributed by atoms with Crippen LogP contribution in [-0.2, 0) is 11.2 Å². The molecule has 3 aliphatic rings. The molecule has 0 aromatic heterocycles. The molecule has 1 atom stereocenters. The van der Waals surface area contributed by atoms with Crippen LogP contribution in [0.4, 0.5) is 0 Å². The van der Waals surface area contributed by atoms with Crippen molar-refractivity contribution in [3.8, 4) is 11.5 Å². The first-order valence-corrected chi connectivity index (χ1v) is 8.79. The Labute approximate surface area is 143 Å². The van der Waals surface area contributed by atoms with E-state index in [1.807, 2.05) is 6.07 Å². The number of hydrogen-bond acceptors (Lipinski definition) is 3. The number of methoxy groups -OCH3 is 1. The topological polar surface area (TPSA) is 49.5 Å². The number of hydrogen-bond donors (Lipinski definition) is 1. The van der Waals surface area contributed by atoms with Gasteiger partial charge in [-0.3, -0.25) is 4.79 Å². The lowest BCUT2D eigenvalue weighted by molar-refractivity contribution is -0.557. The minimum Gasteiger partial charge on any atom is -0.504 e. The second kappa shape index (κ2) is 5.48. The van der Waals surface area contributed by atoms with Gasteiger partial charge in [0.05, 0.1) is 12.7 Å². The van der Waals surface area contributed by atoms with Crippen LogP contribution in [0.3, 0.4) is 0 Å². The number of nitrogens with zero attached hydrogens (tertiary/aromatic N) is 1. The van der Waals surface area contributed by atoms with Crippen molar-refractivity contribution in [2.75, 3.05) is 13.7 Å². The predicted octanol–water partition coefficient (Wildman–Crippen LogP) is 2.97. The quantitative estimate of drug-likeness (QED) is 0.605. The fourth-order valence-electron chi connectivity index (χ4n) is 4.09. The highest BCUT2D eigenvalue weighted by Crippen LogP contribution is 2.42. The fraction of sp³-hybridized carbons (Fsp3) is 0.444. The number of aromatic hydroxyl groups is 1. The summed E-state index contributed by atoms with van der Waals surface area (Å²) in [6, 6.07) is 2.16. The summed E-state index contributed by atoms with van der Waals surface area (Å²) in [5.41, 5.74) is 4.77. The Hall–Kier alpha value is -1.62. The van der Waals surface area contributed by atoms with Crippen LogP contribution < -0.4 is 4.74 Å². The average Bonchev–Trinajstić information content (AvgIpc) is 2.56. The van der Waals surface area contributed by atoms with Gasteiger partial charge < -0.3 is 9.84 Å². The van der Waals surface area contributed by atoms with Gasteiger partial charge in [0.15, 0.2) is 23.8 Å². The third-order valence-electron chi connectivity index (χ3n) is 5.28. The number of Topliss-reactive ketones (excluding diaryl/α,β-unsaturated/α-hetero) is 1. The molecule has 0 radical (unpaired) electrons. The lowest BCUT2D eigenvalue weighted by Crippen LogP contribution is -2.41. The van der Waals surface area contributed by atoms with Crippen LogP contribution in [0.1, 0.15) is 36.8 Å².